The van der Waals surface area contributed by atoms with Crippen molar-refractivity contribution in [3.63, 3.8) is 0 Å². The minimum Gasteiger partial charge on any atom is -0.496 e. The lowest BCUT2D eigenvalue weighted by atomic mass is 10.1. The van der Waals surface area contributed by atoms with E-state index in [9.17, 15) is 4.79 Å². The molecule has 0 aliphatic heterocycles. The molecule has 0 atom stereocenters. The maximum absolute atomic E-state index is 12.8. The standard InChI is InChI=1S/C27H27N5O2S/c1-4-31-22-12-8-6-10-19(22)21-16-18(14-15-23(21)31)28-25(33)17-35-27-30-29-26(32(27)5-2)20-11-7-9-13-24(20)34-3/h6-16H,4-5,17H2,1-3H3,(H,28,33). The van der Waals surface area contributed by atoms with Crippen molar-refractivity contribution in [1.29, 1.82) is 0 Å². The number of nitrogens with zero attached hydrogens (tertiary/aromatic N) is 4. The number of fused-ring (bicyclic) bond motifs is 3. The predicted octanol–water partition coefficient (Wildman–Crippen LogP) is 5.83. The largest absolute Gasteiger partial charge is 0.496 e. The average molecular weight is 486 g/mol. The van der Waals surface area contributed by atoms with Crippen LogP contribution in [0, 0.1) is 0 Å². The molecule has 8 heteroatoms. The van der Waals surface area contributed by atoms with E-state index in [-0.39, 0.29) is 11.7 Å². The summed E-state index contributed by atoms with van der Waals surface area (Å²) in [4.78, 5) is 12.8. The van der Waals surface area contributed by atoms with E-state index in [1.807, 2.05) is 47.9 Å². The van der Waals surface area contributed by atoms with E-state index >= 15 is 0 Å². The maximum Gasteiger partial charge on any atom is 0.234 e. The predicted molar refractivity (Wildman–Crippen MR) is 142 cm³/mol. The van der Waals surface area contributed by atoms with Gasteiger partial charge in [0.05, 0.1) is 18.4 Å². The van der Waals surface area contributed by atoms with Crippen LogP contribution in [0.25, 0.3) is 33.2 Å². The third kappa shape index (κ3) is 4.25. The fourth-order valence-corrected chi connectivity index (χ4v) is 5.31. The summed E-state index contributed by atoms with van der Waals surface area (Å²) in [5, 5.41) is 14.8. The van der Waals surface area contributed by atoms with E-state index in [0.29, 0.717) is 11.7 Å². The number of carbonyl (C=O) groups excluding carboxylic acids is 1. The summed E-state index contributed by atoms with van der Waals surface area (Å²) >= 11 is 1.37. The number of thioether (sulfide) groups is 1. The molecule has 0 bridgehead atoms. The highest BCUT2D eigenvalue weighted by Crippen LogP contribution is 2.32. The Morgan fingerprint density at radius 2 is 1.66 bits per heavy atom. The monoisotopic (exact) mass is 485 g/mol. The number of amides is 1. The number of aromatic nitrogens is 4. The Morgan fingerprint density at radius 1 is 0.914 bits per heavy atom. The molecule has 0 unspecified atom stereocenters. The van der Waals surface area contributed by atoms with Gasteiger partial charge in [-0.2, -0.15) is 0 Å². The molecule has 5 aromatic rings. The first-order valence-electron chi connectivity index (χ1n) is 11.6. The SMILES string of the molecule is CCn1c(SCC(=O)Nc2ccc3c(c2)c2ccccc2n3CC)nnc1-c1ccccc1OC. The Kier molecular flexibility index (Phi) is 6.46. The molecule has 0 fully saturated rings. The second-order valence-corrected chi connectivity index (χ2v) is 9.02. The molecule has 0 spiro atoms. The zero-order chi connectivity index (χ0) is 24.4. The number of methoxy groups -OCH3 is 1. The van der Waals surface area contributed by atoms with E-state index in [1.54, 1.807) is 7.11 Å². The van der Waals surface area contributed by atoms with Gasteiger partial charge in [0.2, 0.25) is 5.91 Å². The molecule has 35 heavy (non-hydrogen) atoms. The fourth-order valence-electron chi connectivity index (χ4n) is 4.51. The Bertz CT molecular complexity index is 1520. The van der Waals surface area contributed by atoms with Gasteiger partial charge in [0.25, 0.3) is 0 Å². The van der Waals surface area contributed by atoms with Crippen LogP contribution in [0.15, 0.2) is 71.9 Å². The van der Waals surface area contributed by atoms with E-state index in [2.05, 4.69) is 57.3 Å². The number of aryl methyl sites for hydroxylation is 1. The molecule has 0 aliphatic rings. The molecule has 7 nitrogen and oxygen atoms in total. The minimum absolute atomic E-state index is 0.0851. The van der Waals surface area contributed by atoms with Crippen LogP contribution in [0.3, 0.4) is 0 Å². The highest BCUT2D eigenvalue weighted by atomic mass is 32.2. The normalized spacial score (nSPS) is 11.3. The lowest BCUT2D eigenvalue weighted by Gasteiger charge is -2.10. The summed E-state index contributed by atoms with van der Waals surface area (Å²) in [5.74, 6) is 1.62. The Hall–Kier alpha value is -3.78. The van der Waals surface area contributed by atoms with Gasteiger partial charge < -0.3 is 19.2 Å². The van der Waals surface area contributed by atoms with Crippen molar-refractivity contribution in [2.45, 2.75) is 32.1 Å². The quantitative estimate of drug-likeness (QED) is 0.280. The summed E-state index contributed by atoms with van der Waals surface area (Å²) in [7, 11) is 1.64. The fraction of sp³-hybridized carbons (Fsp3) is 0.222. The van der Waals surface area contributed by atoms with E-state index in [4.69, 9.17) is 4.74 Å². The molecule has 2 heterocycles. The molecule has 0 saturated heterocycles. The molecule has 3 aromatic carbocycles. The lowest BCUT2D eigenvalue weighted by Crippen LogP contribution is -2.14. The van der Waals surface area contributed by atoms with Gasteiger partial charge in [0, 0.05) is 40.6 Å². The average Bonchev–Trinajstić information content (AvgIpc) is 3.45. The summed E-state index contributed by atoms with van der Waals surface area (Å²) < 4.78 is 9.78. The van der Waals surface area contributed by atoms with Crippen molar-refractivity contribution >= 4 is 45.2 Å². The van der Waals surface area contributed by atoms with Gasteiger partial charge in [0.15, 0.2) is 11.0 Å². The summed E-state index contributed by atoms with van der Waals surface area (Å²) in [6.07, 6.45) is 0. The van der Waals surface area contributed by atoms with Crippen LogP contribution in [0.2, 0.25) is 0 Å². The molecule has 5 rings (SSSR count). The molecular formula is C27H27N5O2S. The molecule has 1 N–H and O–H groups in total. The Morgan fingerprint density at radius 3 is 2.46 bits per heavy atom. The van der Waals surface area contributed by atoms with Crippen LogP contribution in [0.4, 0.5) is 5.69 Å². The maximum atomic E-state index is 12.8. The van der Waals surface area contributed by atoms with E-state index in [1.165, 1.54) is 28.2 Å². The number of nitrogens with one attached hydrogen (secondary N) is 1. The number of hydrogen-bond donors (Lipinski definition) is 1. The second kappa shape index (κ2) is 9.84. The summed E-state index contributed by atoms with van der Waals surface area (Å²) in [6.45, 7) is 5.76. The van der Waals surface area contributed by atoms with Crippen LogP contribution in [0.5, 0.6) is 5.75 Å². The number of rotatable bonds is 8. The first-order valence-corrected chi connectivity index (χ1v) is 12.6. The molecule has 178 valence electrons. The van der Waals surface area contributed by atoms with E-state index < -0.39 is 0 Å². The zero-order valence-corrected chi connectivity index (χ0v) is 20.8. The first kappa shape index (κ1) is 23.0. The van der Waals surface area contributed by atoms with Crippen molar-refractivity contribution in [2.24, 2.45) is 0 Å². The van der Waals surface area contributed by atoms with Crippen LogP contribution in [0.1, 0.15) is 13.8 Å². The van der Waals surface area contributed by atoms with Crippen LogP contribution in [-0.2, 0) is 17.9 Å². The minimum atomic E-state index is -0.0851. The van der Waals surface area contributed by atoms with Gasteiger partial charge >= 0.3 is 0 Å². The number of ether oxygens (including phenoxy) is 1. The smallest absolute Gasteiger partial charge is 0.234 e. The molecule has 1 amide bonds. The third-order valence-electron chi connectivity index (χ3n) is 6.09. The summed E-state index contributed by atoms with van der Waals surface area (Å²) in [6, 6.07) is 22.2. The van der Waals surface area contributed by atoms with Crippen molar-refractivity contribution < 1.29 is 9.53 Å². The van der Waals surface area contributed by atoms with Crippen LogP contribution in [-0.4, -0.2) is 38.1 Å². The molecule has 2 aromatic heterocycles. The Balaban J connectivity index is 1.33. The van der Waals surface area contributed by atoms with Gasteiger partial charge in [-0.1, -0.05) is 42.1 Å². The van der Waals surface area contributed by atoms with Gasteiger partial charge in [0.1, 0.15) is 5.75 Å². The molecule has 0 saturated carbocycles. The van der Waals surface area contributed by atoms with Gasteiger partial charge in [-0.25, -0.2) is 0 Å². The number of para-hydroxylation sites is 2. The van der Waals surface area contributed by atoms with Gasteiger partial charge in [-0.15, -0.1) is 10.2 Å². The number of anilines is 1. The highest BCUT2D eigenvalue weighted by molar-refractivity contribution is 7.99. The lowest BCUT2D eigenvalue weighted by molar-refractivity contribution is -0.113. The van der Waals surface area contributed by atoms with Crippen LogP contribution < -0.4 is 10.1 Å². The second-order valence-electron chi connectivity index (χ2n) is 8.08. The highest BCUT2D eigenvalue weighted by Gasteiger charge is 2.17. The number of hydrogen-bond acceptors (Lipinski definition) is 5. The van der Waals surface area contributed by atoms with Gasteiger partial charge in [-0.05, 0) is 50.2 Å². The number of carbonyl (C=O) groups is 1. The van der Waals surface area contributed by atoms with Crippen molar-refractivity contribution in [1.82, 2.24) is 19.3 Å². The Labute approximate surface area is 208 Å². The third-order valence-corrected chi connectivity index (χ3v) is 7.05. The van der Waals surface area contributed by atoms with Crippen molar-refractivity contribution in [3.8, 4) is 17.1 Å². The van der Waals surface area contributed by atoms with Crippen molar-refractivity contribution in [3.05, 3.63) is 66.7 Å². The topological polar surface area (TPSA) is 74.0 Å². The van der Waals surface area contributed by atoms with E-state index in [0.717, 1.165) is 34.8 Å². The van der Waals surface area contributed by atoms with Gasteiger partial charge in [-0.3, -0.25) is 4.79 Å². The zero-order valence-electron chi connectivity index (χ0n) is 20.0. The molecular weight excluding hydrogens is 458 g/mol. The first-order chi connectivity index (χ1) is 17.1. The molecule has 0 aliphatic carbocycles. The number of benzene rings is 3. The molecule has 0 radical (unpaired) electrons. The van der Waals surface area contributed by atoms with Crippen LogP contribution >= 0.6 is 11.8 Å². The van der Waals surface area contributed by atoms with Crippen molar-refractivity contribution in [2.75, 3.05) is 18.2 Å². The summed E-state index contributed by atoms with van der Waals surface area (Å²) in [5.41, 5.74) is 4.03.